The highest BCUT2D eigenvalue weighted by Gasteiger charge is 2.18. The van der Waals surface area contributed by atoms with Crippen molar-refractivity contribution in [3.63, 3.8) is 0 Å². The van der Waals surface area contributed by atoms with Gasteiger partial charge in [0.25, 0.3) is 0 Å². The van der Waals surface area contributed by atoms with E-state index in [4.69, 9.17) is 4.52 Å². The highest BCUT2D eigenvalue weighted by Crippen LogP contribution is 2.09. The third kappa shape index (κ3) is 4.38. The van der Waals surface area contributed by atoms with Crippen molar-refractivity contribution >= 4 is 10.0 Å². The number of aryl methyl sites for hydroxylation is 1. The second kappa shape index (κ2) is 7.01. The number of rotatable bonds is 8. The SMILES string of the molecule is CCCn1cc(S(=O)(=O)NCc2nc(CC(C)C)no2)cn1. The van der Waals surface area contributed by atoms with E-state index in [1.54, 1.807) is 4.68 Å². The second-order valence-corrected chi connectivity index (χ2v) is 7.23. The van der Waals surface area contributed by atoms with Gasteiger partial charge < -0.3 is 4.52 Å². The van der Waals surface area contributed by atoms with Gasteiger partial charge >= 0.3 is 0 Å². The fourth-order valence-corrected chi connectivity index (χ4v) is 2.81. The zero-order valence-electron chi connectivity index (χ0n) is 13.0. The largest absolute Gasteiger partial charge is 0.338 e. The van der Waals surface area contributed by atoms with Gasteiger partial charge in [-0.3, -0.25) is 4.68 Å². The Morgan fingerprint density at radius 2 is 2.18 bits per heavy atom. The van der Waals surface area contributed by atoms with Crippen LogP contribution in [-0.4, -0.2) is 28.3 Å². The Hall–Kier alpha value is -1.74. The van der Waals surface area contributed by atoms with Crippen LogP contribution in [0.4, 0.5) is 0 Å². The highest BCUT2D eigenvalue weighted by atomic mass is 32.2. The molecule has 0 fully saturated rings. The van der Waals surface area contributed by atoms with Crippen molar-refractivity contribution in [2.24, 2.45) is 5.92 Å². The average Bonchev–Trinajstić information content (AvgIpc) is 3.06. The first kappa shape index (κ1) is 16.6. The van der Waals surface area contributed by atoms with E-state index in [9.17, 15) is 8.42 Å². The number of aromatic nitrogens is 4. The minimum Gasteiger partial charge on any atom is -0.338 e. The average molecular weight is 327 g/mol. The van der Waals surface area contributed by atoms with Crippen LogP contribution in [0.1, 0.15) is 38.9 Å². The third-order valence-electron chi connectivity index (χ3n) is 2.89. The molecule has 8 nitrogen and oxygen atoms in total. The Kier molecular flexibility index (Phi) is 5.30. The summed E-state index contributed by atoms with van der Waals surface area (Å²) in [6.07, 6.45) is 4.41. The van der Waals surface area contributed by atoms with E-state index < -0.39 is 10.0 Å². The zero-order chi connectivity index (χ0) is 16.2. The molecule has 1 N–H and O–H groups in total. The highest BCUT2D eigenvalue weighted by molar-refractivity contribution is 7.89. The lowest BCUT2D eigenvalue weighted by atomic mass is 10.1. The maximum atomic E-state index is 12.2. The molecule has 0 radical (unpaired) electrons. The topological polar surface area (TPSA) is 103 Å². The minimum absolute atomic E-state index is 0.0353. The Labute approximate surface area is 130 Å². The molecule has 0 bridgehead atoms. The van der Waals surface area contributed by atoms with Crippen LogP contribution in [0.15, 0.2) is 21.8 Å². The molecule has 2 rings (SSSR count). The summed E-state index contributed by atoms with van der Waals surface area (Å²) < 4.78 is 33.4. The molecule has 0 aliphatic heterocycles. The summed E-state index contributed by atoms with van der Waals surface area (Å²) in [6, 6.07) is 0. The maximum Gasteiger partial charge on any atom is 0.244 e. The van der Waals surface area contributed by atoms with Crippen LogP contribution >= 0.6 is 0 Å². The molecule has 0 aliphatic carbocycles. The molecule has 0 unspecified atom stereocenters. The van der Waals surface area contributed by atoms with Crippen molar-refractivity contribution in [3.05, 3.63) is 24.1 Å². The van der Waals surface area contributed by atoms with E-state index in [1.165, 1.54) is 12.4 Å². The molecule has 0 aliphatic rings. The zero-order valence-corrected chi connectivity index (χ0v) is 13.8. The molecular weight excluding hydrogens is 306 g/mol. The van der Waals surface area contributed by atoms with Crippen LogP contribution in [0.3, 0.4) is 0 Å². The molecule has 9 heteroatoms. The van der Waals surface area contributed by atoms with E-state index >= 15 is 0 Å². The number of nitrogens with zero attached hydrogens (tertiary/aromatic N) is 4. The summed E-state index contributed by atoms with van der Waals surface area (Å²) in [5.74, 6) is 1.24. The molecule has 122 valence electrons. The number of nitrogens with one attached hydrogen (secondary N) is 1. The fourth-order valence-electron chi connectivity index (χ4n) is 1.88. The molecular formula is C13H21N5O3S. The van der Waals surface area contributed by atoms with Crippen LogP contribution in [-0.2, 0) is 29.5 Å². The summed E-state index contributed by atoms with van der Waals surface area (Å²) in [6.45, 7) is 6.74. The van der Waals surface area contributed by atoms with Gasteiger partial charge in [-0.1, -0.05) is 25.9 Å². The summed E-state index contributed by atoms with van der Waals surface area (Å²) in [5.41, 5.74) is 0. The van der Waals surface area contributed by atoms with Gasteiger partial charge in [-0.15, -0.1) is 0 Å². The molecule has 0 atom stereocenters. The standard InChI is InChI=1S/C13H21N5O3S/c1-4-5-18-9-11(7-14-18)22(19,20)15-8-13-16-12(17-21-13)6-10(2)3/h7,9-10,15H,4-6,8H2,1-3H3. The minimum atomic E-state index is -3.63. The van der Waals surface area contributed by atoms with Crippen LogP contribution in [0.2, 0.25) is 0 Å². The molecule has 0 amide bonds. The van der Waals surface area contributed by atoms with E-state index in [0.717, 1.165) is 6.42 Å². The summed E-state index contributed by atoms with van der Waals surface area (Å²) in [4.78, 5) is 4.28. The van der Waals surface area contributed by atoms with E-state index in [0.29, 0.717) is 24.7 Å². The van der Waals surface area contributed by atoms with E-state index in [-0.39, 0.29) is 17.3 Å². The first-order valence-electron chi connectivity index (χ1n) is 7.24. The Morgan fingerprint density at radius 3 is 2.86 bits per heavy atom. The van der Waals surface area contributed by atoms with Crippen molar-refractivity contribution in [1.29, 1.82) is 0 Å². The van der Waals surface area contributed by atoms with Crippen LogP contribution < -0.4 is 4.72 Å². The summed E-state index contributed by atoms with van der Waals surface area (Å²) in [5, 5.41) is 7.83. The van der Waals surface area contributed by atoms with Gasteiger partial charge in [0.2, 0.25) is 15.9 Å². The number of hydrogen-bond acceptors (Lipinski definition) is 6. The molecule has 2 aromatic heterocycles. The predicted octanol–water partition coefficient (Wildman–Crippen LogP) is 1.35. The quantitative estimate of drug-likeness (QED) is 0.785. The molecule has 22 heavy (non-hydrogen) atoms. The van der Waals surface area contributed by atoms with Crippen molar-refractivity contribution in [2.75, 3.05) is 0 Å². The third-order valence-corrected chi connectivity index (χ3v) is 4.24. The van der Waals surface area contributed by atoms with E-state index in [1.807, 2.05) is 20.8 Å². The first-order valence-corrected chi connectivity index (χ1v) is 8.72. The summed E-state index contributed by atoms with van der Waals surface area (Å²) >= 11 is 0. The second-order valence-electron chi connectivity index (χ2n) is 5.47. The lowest BCUT2D eigenvalue weighted by Crippen LogP contribution is -2.23. The number of sulfonamides is 1. The monoisotopic (exact) mass is 327 g/mol. The fraction of sp³-hybridized carbons (Fsp3) is 0.615. The lowest BCUT2D eigenvalue weighted by molar-refractivity contribution is 0.368. The van der Waals surface area contributed by atoms with Crippen LogP contribution in [0, 0.1) is 5.92 Å². The lowest BCUT2D eigenvalue weighted by Gasteiger charge is -2.01. The van der Waals surface area contributed by atoms with Crippen molar-refractivity contribution in [1.82, 2.24) is 24.6 Å². The van der Waals surface area contributed by atoms with Gasteiger partial charge in [0.05, 0.1) is 12.7 Å². The Morgan fingerprint density at radius 1 is 1.41 bits per heavy atom. The molecule has 0 saturated carbocycles. The maximum absolute atomic E-state index is 12.2. The van der Waals surface area contributed by atoms with Gasteiger partial charge in [0.1, 0.15) is 4.90 Å². The van der Waals surface area contributed by atoms with Crippen molar-refractivity contribution < 1.29 is 12.9 Å². The smallest absolute Gasteiger partial charge is 0.244 e. The van der Waals surface area contributed by atoms with Gasteiger partial charge in [-0.25, -0.2) is 13.1 Å². The molecule has 2 heterocycles. The van der Waals surface area contributed by atoms with Crippen LogP contribution in [0.25, 0.3) is 0 Å². The van der Waals surface area contributed by atoms with Crippen molar-refractivity contribution in [3.8, 4) is 0 Å². The number of hydrogen-bond donors (Lipinski definition) is 1. The van der Waals surface area contributed by atoms with Gasteiger partial charge in [-0.05, 0) is 12.3 Å². The Balaban J connectivity index is 1.98. The van der Waals surface area contributed by atoms with Gasteiger partial charge in [0.15, 0.2) is 5.82 Å². The molecule has 0 spiro atoms. The Bertz CT molecular complexity index is 705. The molecule has 0 saturated heterocycles. The normalized spacial score (nSPS) is 12.2. The first-order chi connectivity index (χ1) is 10.4. The predicted molar refractivity (Wildman–Crippen MR) is 79.4 cm³/mol. The van der Waals surface area contributed by atoms with E-state index in [2.05, 4.69) is 20.0 Å². The van der Waals surface area contributed by atoms with Gasteiger partial charge in [-0.2, -0.15) is 10.1 Å². The van der Waals surface area contributed by atoms with Crippen molar-refractivity contribution in [2.45, 2.75) is 51.6 Å². The summed E-state index contributed by atoms with van der Waals surface area (Å²) in [7, 11) is -3.63. The molecule has 0 aromatic carbocycles. The van der Waals surface area contributed by atoms with Crippen LogP contribution in [0.5, 0.6) is 0 Å². The molecule has 2 aromatic rings. The van der Waals surface area contributed by atoms with Gasteiger partial charge in [0, 0.05) is 19.2 Å².